The quantitative estimate of drug-likeness (QED) is 0.898. The van der Waals surface area contributed by atoms with Crippen LogP contribution in [0.15, 0.2) is 12.1 Å². The molecule has 0 radical (unpaired) electrons. The second-order valence-corrected chi connectivity index (χ2v) is 5.50. The third-order valence-electron chi connectivity index (χ3n) is 3.86. The molecule has 1 saturated heterocycles. The number of aryl methyl sites for hydroxylation is 1. The Bertz CT molecular complexity index is 473. The fourth-order valence-corrected chi connectivity index (χ4v) is 2.64. The summed E-state index contributed by atoms with van der Waals surface area (Å²) in [4.78, 5) is 19.1. The van der Waals surface area contributed by atoms with Crippen LogP contribution in [0.4, 0.5) is 5.82 Å². The number of rotatable bonds is 5. The van der Waals surface area contributed by atoms with E-state index in [2.05, 4.69) is 31.1 Å². The number of hydrogen-bond acceptors (Lipinski definition) is 3. The molecule has 1 aliphatic heterocycles. The number of nitrogens with zero attached hydrogens (tertiary/aromatic N) is 2. The van der Waals surface area contributed by atoms with Crippen LogP contribution in [-0.2, 0) is 6.42 Å². The Morgan fingerprint density at radius 2 is 2.25 bits per heavy atom. The lowest BCUT2D eigenvalue weighted by atomic mass is 10.1. The predicted molar refractivity (Wildman–Crippen MR) is 82.1 cm³/mol. The van der Waals surface area contributed by atoms with Gasteiger partial charge in [0, 0.05) is 30.4 Å². The SMILES string of the molecule is CCCNc1cc(C(=O)N2CCCC2C)cc(CC)n1. The maximum atomic E-state index is 12.6. The maximum absolute atomic E-state index is 12.6. The lowest BCUT2D eigenvalue weighted by Gasteiger charge is -2.22. The molecule has 0 spiro atoms. The minimum atomic E-state index is 0.145. The van der Waals surface area contributed by atoms with Crippen molar-refractivity contribution in [3.05, 3.63) is 23.4 Å². The molecule has 1 fully saturated rings. The lowest BCUT2D eigenvalue weighted by Crippen LogP contribution is -2.33. The molecule has 1 unspecified atom stereocenters. The van der Waals surface area contributed by atoms with Crippen molar-refractivity contribution in [3.63, 3.8) is 0 Å². The van der Waals surface area contributed by atoms with Gasteiger partial charge in [0.2, 0.25) is 0 Å². The molecule has 2 heterocycles. The molecule has 1 amide bonds. The van der Waals surface area contributed by atoms with E-state index in [9.17, 15) is 4.79 Å². The summed E-state index contributed by atoms with van der Waals surface area (Å²) < 4.78 is 0. The third kappa shape index (κ3) is 3.30. The normalized spacial score (nSPS) is 18.4. The van der Waals surface area contributed by atoms with E-state index in [0.717, 1.165) is 55.8 Å². The molecular formula is C16H25N3O. The first-order chi connectivity index (χ1) is 9.65. The molecule has 1 atom stereocenters. The van der Waals surface area contributed by atoms with E-state index in [0.29, 0.717) is 6.04 Å². The van der Waals surface area contributed by atoms with Crippen molar-refractivity contribution in [3.8, 4) is 0 Å². The smallest absolute Gasteiger partial charge is 0.254 e. The van der Waals surface area contributed by atoms with E-state index in [1.165, 1.54) is 0 Å². The van der Waals surface area contributed by atoms with Crippen molar-refractivity contribution in [1.29, 1.82) is 0 Å². The molecule has 20 heavy (non-hydrogen) atoms. The second kappa shape index (κ2) is 6.73. The predicted octanol–water partition coefficient (Wildman–Crippen LogP) is 3.09. The highest BCUT2D eigenvalue weighted by molar-refractivity contribution is 5.95. The van der Waals surface area contributed by atoms with Gasteiger partial charge in [-0.1, -0.05) is 13.8 Å². The summed E-state index contributed by atoms with van der Waals surface area (Å²) >= 11 is 0. The first kappa shape index (κ1) is 14.8. The highest BCUT2D eigenvalue weighted by Crippen LogP contribution is 2.21. The number of aromatic nitrogens is 1. The molecule has 110 valence electrons. The van der Waals surface area contributed by atoms with Gasteiger partial charge in [0.25, 0.3) is 5.91 Å². The minimum absolute atomic E-state index is 0.145. The molecular weight excluding hydrogens is 250 g/mol. The van der Waals surface area contributed by atoms with Crippen molar-refractivity contribution in [2.45, 2.75) is 52.5 Å². The molecule has 0 saturated carbocycles. The number of carbonyl (C=O) groups is 1. The van der Waals surface area contributed by atoms with E-state index < -0.39 is 0 Å². The van der Waals surface area contributed by atoms with Gasteiger partial charge >= 0.3 is 0 Å². The Hall–Kier alpha value is -1.58. The van der Waals surface area contributed by atoms with Crippen LogP contribution in [0.3, 0.4) is 0 Å². The van der Waals surface area contributed by atoms with Crippen molar-refractivity contribution < 1.29 is 4.79 Å². The van der Waals surface area contributed by atoms with Crippen LogP contribution >= 0.6 is 0 Å². The summed E-state index contributed by atoms with van der Waals surface area (Å²) in [6, 6.07) is 4.18. The molecule has 0 aliphatic carbocycles. The zero-order valence-electron chi connectivity index (χ0n) is 12.8. The van der Waals surface area contributed by atoms with Crippen LogP contribution in [0.5, 0.6) is 0 Å². The Labute approximate surface area is 121 Å². The van der Waals surface area contributed by atoms with Gasteiger partial charge in [-0.25, -0.2) is 4.98 Å². The highest BCUT2D eigenvalue weighted by atomic mass is 16.2. The number of pyridine rings is 1. The van der Waals surface area contributed by atoms with Crippen LogP contribution < -0.4 is 5.32 Å². The van der Waals surface area contributed by atoms with E-state index in [1.54, 1.807) is 0 Å². The second-order valence-electron chi connectivity index (χ2n) is 5.50. The fraction of sp³-hybridized carbons (Fsp3) is 0.625. The Morgan fingerprint density at radius 3 is 2.85 bits per heavy atom. The number of likely N-dealkylation sites (tertiary alicyclic amines) is 1. The van der Waals surface area contributed by atoms with Crippen molar-refractivity contribution in [2.24, 2.45) is 0 Å². The van der Waals surface area contributed by atoms with Crippen LogP contribution in [0, 0.1) is 0 Å². The van der Waals surface area contributed by atoms with Gasteiger partial charge in [-0.2, -0.15) is 0 Å². The molecule has 0 aromatic carbocycles. The number of amides is 1. The summed E-state index contributed by atoms with van der Waals surface area (Å²) in [5.74, 6) is 0.966. The van der Waals surface area contributed by atoms with E-state index in [1.807, 2.05) is 17.0 Å². The molecule has 1 aromatic heterocycles. The summed E-state index contributed by atoms with van der Waals surface area (Å²) in [5.41, 5.74) is 1.74. The first-order valence-electron chi connectivity index (χ1n) is 7.71. The van der Waals surface area contributed by atoms with Gasteiger partial charge in [-0.15, -0.1) is 0 Å². The summed E-state index contributed by atoms with van der Waals surface area (Å²) in [5, 5.41) is 3.28. The zero-order chi connectivity index (χ0) is 14.5. The average Bonchev–Trinajstić information content (AvgIpc) is 2.90. The third-order valence-corrected chi connectivity index (χ3v) is 3.86. The van der Waals surface area contributed by atoms with Gasteiger partial charge in [-0.05, 0) is 44.7 Å². The molecule has 1 N–H and O–H groups in total. The summed E-state index contributed by atoms with van der Waals surface area (Å²) in [6.45, 7) is 8.08. The van der Waals surface area contributed by atoms with Crippen molar-refractivity contribution in [1.82, 2.24) is 9.88 Å². The molecule has 2 rings (SSSR count). The van der Waals surface area contributed by atoms with Crippen LogP contribution in [0.1, 0.15) is 56.1 Å². The Kier molecular flexibility index (Phi) is 4.99. The van der Waals surface area contributed by atoms with Crippen molar-refractivity contribution in [2.75, 3.05) is 18.4 Å². The molecule has 1 aliphatic rings. The van der Waals surface area contributed by atoms with Crippen LogP contribution in [0.2, 0.25) is 0 Å². The topological polar surface area (TPSA) is 45.2 Å². The van der Waals surface area contributed by atoms with Gasteiger partial charge in [0.15, 0.2) is 0 Å². The Balaban J connectivity index is 2.23. The monoisotopic (exact) mass is 275 g/mol. The molecule has 4 nitrogen and oxygen atoms in total. The van der Waals surface area contributed by atoms with Crippen LogP contribution in [-0.4, -0.2) is 34.9 Å². The summed E-state index contributed by atoms with van der Waals surface area (Å²) in [6.07, 6.45) is 4.11. The average molecular weight is 275 g/mol. The zero-order valence-corrected chi connectivity index (χ0v) is 12.8. The van der Waals surface area contributed by atoms with Gasteiger partial charge in [-0.3, -0.25) is 4.79 Å². The number of anilines is 1. The molecule has 4 heteroatoms. The van der Waals surface area contributed by atoms with Gasteiger partial charge < -0.3 is 10.2 Å². The largest absolute Gasteiger partial charge is 0.370 e. The first-order valence-corrected chi connectivity index (χ1v) is 7.71. The van der Waals surface area contributed by atoms with Gasteiger partial charge in [0.1, 0.15) is 5.82 Å². The number of hydrogen-bond donors (Lipinski definition) is 1. The van der Waals surface area contributed by atoms with Crippen LogP contribution in [0.25, 0.3) is 0 Å². The maximum Gasteiger partial charge on any atom is 0.254 e. The minimum Gasteiger partial charge on any atom is -0.370 e. The van der Waals surface area contributed by atoms with Gasteiger partial charge in [0.05, 0.1) is 0 Å². The standard InChI is InChI=1S/C16H25N3O/c1-4-8-17-15-11-13(10-14(5-2)18-15)16(20)19-9-6-7-12(19)3/h10-12H,4-9H2,1-3H3,(H,17,18). The Morgan fingerprint density at radius 1 is 1.45 bits per heavy atom. The summed E-state index contributed by atoms with van der Waals surface area (Å²) in [7, 11) is 0. The number of nitrogens with one attached hydrogen (secondary N) is 1. The highest BCUT2D eigenvalue weighted by Gasteiger charge is 2.26. The fourth-order valence-electron chi connectivity index (χ4n) is 2.64. The molecule has 0 bridgehead atoms. The molecule has 1 aromatic rings. The van der Waals surface area contributed by atoms with E-state index >= 15 is 0 Å². The van der Waals surface area contributed by atoms with E-state index in [-0.39, 0.29) is 5.91 Å². The number of carbonyl (C=O) groups excluding carboxylic acids is 1. The van der Waals surface area contributed by atoms with E-state index in [4.69, 9.17) is 0 Å². The van der Waals surface area contributed by atoms with Crippen molar-refractivity contribution >= 4 is 11.7 Å². The lowest BCUT2D eigenvalue weighted by molar-refractivity contribution is 0.0747.